The van der Waals surface area contributed by atoms with Crippen LogP contribution in [0.3, 0.4) is 0 Å². The van der Waals surface area contributed by atoms with Gasteiger partial charge in [0.2, 0.25) is 5.89 Å². The first-order chi connectivity index (χ1) is 12.6. The summed E-state index contributed by atoms with van der Waals surface area (Å²) in [5.74, 6) is 2.33. The molecule has 2 fully saturated rings. The normalized spacial score (nSPS) is 25.2. The van der Waals surface area contributed by atoms with Gasteiger partial charge in [0.15, 0.2) is 0 Å². The van der Waals surface area contributed by atoms with Crippen LogP contribution in [-0.4, -0.2) is 63.9 Å². The minimum absolute atomic E-state index is 0.194. The lowest BCUT2D eigenvalue weighted by Gasteiger charge is -2.36. The molecule has 4 rings (SSSR count). The Morgan fingerprint density at radius 2 is 1.92 bits per heavy atom. The molecule has 0 N–H and O–H groups in total. The van der Waals surface area contributed by atoms with E-state index >= 15 is 0 Å². The Kier molecular flexibility index (Phi) is 5.11. The van der Waals surface area contributed by atoms with Crippen LogP contribution in [0.15, 0.2) is 16.8 Å². The van der Waals surface area contributed by atoms with Crippen LogP contribution in [0, 0.1) is 19.8 Å². The molecule has 0 bridgehead atoms. The molecule has 0 spiro atoms. The fourth-order valence-corrected chi connectivity index (χ4v) is 4.04. The molecule has 0 aromatic carbocycles. The molecule has 0 aliphatic carbocycles. The van der Waals surface area contributed by atoms with Gasteiger partial charge in [-0.2, -0.15) is 5.10 Å². The van der Waals surface area contributed by atoms with Crippen molar-refractivity contribution in [2.24, 2.45) is 13.0 Å². The smallest absolute Gasteiger partial charge is 0.208 e. The van der Waals surface area contributed by atoms with E-state index in [9.17, 15) is 0 Å². The van der Waals surface area contributed by atoms with E-state index in [0.29, 0.717) is 5.92 Å². The van der Waals surface area contributed by atoms with Crippen LogP contribution in [0.1, 0.15) is 35.4 Å². The molecule has 2 aliphatic rings. The zero-order chi connectivity index (χ0) is 18.1. The number of nitrogens with zero attached hydrogens (tertiary/aromatic N) is 5. The summed E-state index contributed by atoms with van der Waals surface area (Å²) in [5, 5.41) is 4.30. The van der Waals surface area contributed by atoms with Crippen LogP contribution in [0.2, 0.25) is 0 Å². The maximum Gasteiger partial charge on any atom is 0.208 e. The first-order valence-electron chi connectivity index (χ1n) is 9.56. The molecular weight excluding hydrogens is 330 g/mol. The average Bonchev–Trinajstić information content (AvgIpc) is 3.31. The van der Waals surface area contributed by atoms with E-state index in [4.69, 9.17) is 9.15 Å². The minimum atomic E-state index is 0.194. The second-order valence-corrected chi connectivity index (χ2v) is 7.61. The van der Waals surface area contributed by atoms with Gasteiger partial charge in [-0.15, -0.1) is 0 Å². The maximum atomic E-state index is 6.01. The molecular formula is C19H29N5O2. The van der Waals surface area contributed by atoms with Crippen molar-refractivity contribution in [3.8, 4) is 0 Å². The maximum absolute atomic E-state index is 6.01. The lowest BCUT2D eigenvalue weighted by atomic mass is 9.96. The molecule has 0 unspecified atom stereocenters. The van der Waals surface area contributed by atoms with Crippen LogP contribution in [0.5, 0.6) is 0 Å². The van der Waals surface area contributed by atoms with E-state index in [-0.39, 0.29) is 6.10 Å². The summed E-state index contributed by atoms with van der Waals surface area (Å²) in [7, 11) is 1.96. The second kappa shape index (κ2) is 7.50. The number of piperazine rings is 1. The molecule has 0 amide bonds. The molecule has 26 heavy (non-hydrogen) atoms. The summed E-state index contributed by atoms with van der Waals surface area (Å²) in [4.78, 5) is 9.52. The molecule has 2 aromatic heterocycles. The molecule has 7 nitrogen and oxygen atoms in total. The number of oxazole rings is 1. The standard InChI is InChI=1S/C19H29N5O2/c1-14-15(2)26-18(21-14)13-24-7-5-23(6-8-24)12-16-4-9-25-19(16)17-10-20-22(3)11-17/h10-11,16,19H,4-9,12-13H2,1-3H3/t16-,19+/m1/s1. The van der Waals surface area contributed by atoms with Crippen LogP contribution >= 0.6 is 0 Å². The largest absolute Gasteiger partial charge is 0.444 e. The van der Waals surface area contributed by atoms with Gasteiger partial charge in [0, 0.05) is 64.1 Å². The number of hydrogen-bond donors (Lipinski definition) is 0. The molecule has 2 aromatic rings. The van der Waals surface area contributed by atoms with Crippen molar-refractivity contribution in [1.29, 1.82) is 0 Å². The van der Waals surface area contributed by atoms with Crippen molar-refractivity contribution < 1.29 is 9.15 Å². The molecule has 2 aliphatic heterocycles. The highest BCUT2D eigenvalue weighted by Gasteiger charge is 2.32. The summed E-state index contributed by atoms with van der Waals surface area (Å²) in [6, 6.07) is 0. The first kappa shape index (κ1) is 17.7. The average molecular weight is 359 g/mol. The number of aryl methyl sites for hydroxylation is 3. The van der Waals surface area contributed by atoms with Gasteiger partial charge in [-0.1, -0.05) is 0 Å². The molecule has 4 heterocycles. The zero-order valence-corrected chi connectivity index (χ0v) is 16.0. The van der Waals surface area contributed by atoms with Gasteiger partial charge in [0.25, 0.3) is 0 Å². The van der Waals surface area contributed by atoms with Gasteiger partial charge < -0.3 is 14.1 Å². The molecule has 2 atom stereocenters. The number of aromatic nitrogens is 3. The van der Waals surface area contributed by atoms with Crippen molar-refractivity contribution in [1.82, 2.24) is 24.6 Å². The first-order valence-corrected chi connectivity index (χ1v) is 9.56. The van der Waals surface area contributed by atoms with Crippen LogP contribution in [-0.2, 0) is 18.3 Å². The summed E-state index contributed by atoms with van der Waals surface area (Å²) in [6.07, 6.45) is 5.36. The molecule has 0 saturated carbocycles. The summed E-state index contributed by atoms with van der Waals surface area (Å²) in [5.41, 5.74) is 2.21. The van der Waals surface area contributed by atoms with Gasteiger partial charge in [-0.25, -0.2) is 4.98 Å². The van der Waals surface area contributed by atoms with Crippen LogP contribution in [0.4, 0.5) is 0 Å². The molecule has 0 radical (unpaired) electrons. The quantitative estimate of drug-likeness (QED) is 0.813. The van der Waals surface area contributed by atoms with E-state index in [1.807, 2.05) is 31.8 Å². The Bertz CT molecular complexity index is 713. The number of ether oxygens (including phenoxy) is 1. The van der Waals surface area contributed by atoms with Crippen molar-refractivity contribution >= 4 is 0 Å². The molecule has 2 saturated heterocycles. The van der Waals surface area contributed by atoms with Gasteiger partial charge in [-0.3, -0.25) is 9.58 Å². The Labute approximate surface area is 154 Å². The Morgan fingerprint density at radius 3 is 2.58 bits per heavy atom. The third-order valence-electron chi connectivity index (χ3n) is 5.66. The van der Waals surface area contributed by atoms with E-state index in [1.54, 1.807) is 0 Å². The Morgan fingerprint density at radius 1 is 1.15 bits per heavy atom. The topological polar surface area (TPSA) is 59.6 Å². The Balaban J connectivity index is 1.28. The second-order valence-electron chi connectivity index (χ2n) is 7.61. The lowest BCUT2D eigenvalue weighted by molar-refractivity contribution is 0.0620. The van der Waals surface area contributed by atoms with Gasteiger partial charge >= 0.3 is 0 Å². The van der Waals surface area contributed by atoms with Crippen LogP contribution in [0.25, 0.3) is 0 Å². The fraction of sp³-hybridized carbons (Fsp3) is 0.684. The fourth-order valence-electron chi connectivity index (χ4n) is 4.04. The molecule has 142 valence electrons. The van der Waals surface area contributed by atoms with Crippen molar-refractivity contribution in [2.75, 3.05) is 39.3 Å². The van der Waals surface area contributed by atoms with Gasteiger partial charge in [0.1, 0.15) is 5.76 Å². The Hall–Kier alpha value is -1.70. The minimum Gasteiger partial charge on any atom is -0.444 e. The van der Waals surface area contributed by atoms with E-state index in [0.717, 1.165) is 69.6 Å². The highest BCUT2D eigenvalue weighted by atomic mass is 16.5. The lowest BCUT2D eigenvalue weighted by Crippen LogP contribution is -2.47. The van der Waals surface area contributed by atoms with Gasteiger partial charge in [-0.05, 0) is 20.3 Å². The van der Waals surface area contributed by atoms with E-state index in [2.05, 4.69) is 26.1 Å². The third kappa shape index (κ3) is 3.84. The summed E-state index contributed by atoms with van der Waals surface area (Å²) < 4.78 is 13.6. The molecule has 7 heteroatoms. The highest BCUT2D eigenvalue weighted by Crippen LogP contribution is 2.35. The van der Waals surface area contributed by atoms with Crippen molar-refractivity contribution in [3.63, 3.8) is 0 Å². The number of hydrogen-bond acceptors (Lipinski definition) is 6. The third-order valence-corrected chi connectivity index (χ3v) is 5.66. The van der Waals surface area contributed by atoms with E-state index in [1.165, 1.54) is 5.56 Å². The zero-order valence-electron chi connectivity index (χ0n) is 16.0. The predicted octanol–water partition coefficient (Wildman–Crippen LogP) is 1.92. The highest BCUT2D eigenvalue weighted by molar-refractivity contribution is 5.11. The predicted molar refractivity (Wildman–Crippen MR) is 97.7 cm³/mol. The van der Waals surface area contributed by atoms with E-state index < -0.39 is 0 Å². The van der Waals surface area contributed by atoms with Crippen LogP contribution < -0.4 is 0 Å². The van der Waals surface area contributed by atoms with Crippen molar-refractivity contribution in [3.05, 3.63) is 35.3 Å². The SMILES string of the molecule is Cc1nc(CN2CCN(C[C@H]3CCO[C@@H]3c3cnn(C)c3)CC2)oc1C. The van der Waals surface area contributed by atoms with Gasteiger partial charge in [0.05, 0.1) is 24.5 Å². The number of rotatable bonds is 5. The summed E-state index contributed by atoms with van der Waals surface area (Å²) in [6.45, 7) is 11.1. The summed E-state index contributed by atoms with van der Waals surface area (Å²) >= 11 is 0. The van der Waals surface area contributed by atoms with Crippen molar-refractivity contribution in [2.45, 2.75) is 32.9 Å². The monoisotopic (exact) mass is 359 g/mol.